The van der Waals surface area contributed by atoms with Crippen molar-refractivity contribution in [3.8, 4) is 5.69 Å². The Morgan fingerprint density at radius 2 is 1.92 bits per heavy atom. The summed E-state index contributed by atoms with van der Waals surface area (Å²) in [6.45, 7) is 0.403. The number of carbonyl (C=O) groups is 1. The highest BCUT2D eigenvalue weighted by Gasteiger charge is 2.11. The molecule has 1 heterocycles. The van der Waals surface area contributed by atoms with E-state index >= 15 is 0 Å². The number of amides is 1. The Morgan fingerprint density at radius 3 is 2.68 bits per heavy atom. The molecule has 0 unspecified atom stereocenters. The summed E-state index contributed by atoms with van der Waals surface area (Å²) >= 11 is 0. The summed E-state index contributed by atoms with van der Waals surface area (Å²) in [5.74, 6) is -0.261. The van der Waals surface area contributed by atoms with Crippen LogP contribution in [0.5, 0.6) is 0 Å². The van der Waals surface area contributed by atoms with Crippen LogP contribution >= 0.6 is 0 Å². The molecule has 0 bridgehead atoms. The van der Waals surface area contributed by atoms with Crippen molar-refractivity contribution in [3.63, 3.8) is 0 Å². The molecule has 3 aromatic rings. The first-order chi connectivity index (χ1) is 12.1. The van der Waals surface area contributed by atoms with Gasteiger partial charge < -0.3 is 4.90 Å². The quantitative estimate of drug-likeness (QED) is 0.689. The summed E-state index contributed by atoms with van der Waals surface area (Å²) in [5, 5.41) is 4.34. The third-order valence-electron chi connectivity index (χ3n) is 4.02. The monoisotopic (exact) mass is 337 g/mol. The molecule has 0 aliphatic heterocycles. The van der Waals surface area contributed by atoms with Crippen LogP contribution in [0.15, 0.2) is 67.0 Å². The number of nitrogens with zero attached hydrogens (tertiary/aromatic N) is 3. The molecule has 4 nitrogen and oxygen atoms in total. The number of hydrogen-bond acceptors (Lipinski definition) is 2. The van der Waals surface area contributed by atoms with Gasteiger partial charge in [0.1, 0.15) is 5.82 Å². The summed E-state index contributed by atoms with van der Waals surface area (Å²) in [5.41, 5.74) is 2.78. The predicted molar refractivity (Wildman–Crippen MR) is 94.8 cm³/mol. The van der Waals surface area contributed by atoms with Crippen LogP contribution in [0.3, 0.4) is 0 Å². The molecule has 0 spiro atoms. The zero-order valence-corrected chi connectivity index (χ0v) is 14.1. The highest BCUT2D eigenvalue weighted by molar-refractivity contribution is 5.76. The molecular weight excluding hydrogens is 317 g/mol. The van der Waals surface area contributed by atoms with E-state index in [0.29, 0.717) is 19.4 Å². The number of aromatic nitrogens is 2. The zero-order valence-electron chi connectivity index (χ0n) is 14.1. The van der Waals surface area contributed by atoms with Crippen molar-refractivity contribution in [1.29, 1.82) is 0 Å². The first-order valence-corrected chi connectivity index (χ1v) is 8.19. The van der Waals surface area contributed by atoms with Crippen LogP contribution in [-0.2, 0) is 17.8 Å². The number of carbonyl (C=O) groups excluding carboxylic acids is 1. The van der Waals surface area contributed by atoms with Crippen molar-refractivity contribution in [1.82, 2.24) is 14.7 Å². The van der Waals surface area contributed by atoms with E-state index in [2.05, 4.69) is 5.10 Å². The molecule has 1 aromatic heterocycles. The minimum Gasteiger partial charge on any atom is -0.341 e. The normalized spacial score (nSPS) is 10.6. The summed E-state index contributed by atoms with van der Waals surface area (Å²) in [6.07, 6.45) is 4.74. The standard InChI is InChI=1S/C20H20FN3O/c1-23(14-16-6-5-7-18(21)12-16)20(25)11-10-17-13-22-24(15-17)19-8-3-2-4-9-19/h2-9,12-13,15H,10-11,14H2,1H3. The lowest BCUT2D eigenvalue weighted by atomic mass is 10.1. The summed E-state index contributed by atoms with van der Waals surface area (Å²) in [7, 11) is 1.74. The second-order valence-electron chi connectivity index (χ2n) is 6.01. The fourth-order valence-electron chi connectivity index (χ4n) is 2.65. The van der Waals surface area contributed by atoms with Crippen molar-refractivity contribution in [2.75, 3.05) is 7.05 Å². The summed E-state index contributed by atoms with van der Waals surface area (Å²) < 4.78 is 15.0. The Bertz CT molecular complexity index is 845. The largest absolute Gasteiger partial charge is 0.341 e. The van der Waals surface area contributed by atoms with Gasteiger partial charge in [-0.25, -0.2) is 9.07 Å². The van der Waals surface area contributed by atoms with Gasteiger partial charge in [0.2, 0.25) is 5.91 Å². The van der Waals surface area contributed by atoms with E-state index in [1.54, 1.807) is 28.9 Å². The van der Waals surface area contributed by atoms with E-state index in [1.807, 2.05) is 42.6 Å². The van der Waals surface area contributed by atoms with Gasteiger partial charge in [0.25, 0.3) is 0 Å². The van der Waals surface area contributed by atoms with E-state index in [1.165, 1.54) is 12.1 Å². The Balaban J connectivity index is 1.54. The van der Waals surface area contributed by atoms with Crippen LogP contribution in [0, 0.1) is 5.82 Å². The van der Waals surface area contributed by atoms with Gasteiger partial charge in [-0.1, -0.05) is 30.3 Å². The first kappa shape index (κ1) is 16.9. The maximum atomic E-state index is 13.2. The first-order valence-electron chi connectivity index (χ1n) is 8.19. The van der Waals surface area contributed by atoms with E-state index in [9.17, 15) is 9.18 Å². The second kappa shape index (κ2) is 7.75. The number of halogens is 1. The number of hydrogen-bond donors (Lipinski definition) is 0. The van der Waals surface area contributed by atoms with Crippen LogP contribution in [0.1, 0.15) is 17.5 Å². The second-order valence-corrected chi connectivity index (χ2v) is 6.01. The molecule has 0 radical (unpaired) electrons. The van der Waals surface area contributed by atoms with Gasteiger partial charge in [0, 0.05) is 26.2 Å². The molecule has 128 valence electrons. The van der Waals surface area contributed by atoms with Gasteiger partial charge in [-0.2, -0.15) is 5.10 Å². The van der Waals surface area contributed by atoms with Crippen LogP contribution in [0.2, 0.25) is 0 Å². The van der Waals surface area contributed by atoms with Gasteiger partial charge >= 0.3 is 0 Å². The lowest BCUT2D eigenvalue weighted by Crippen LogP contribution is -2.26. The van der Waals surface area contributed by atoms with Crippen molar-refractivity contribution >= 4 is 5.91 Å². The molecule has 0 atom stereocenters. The van der Waals surface area contributed by atoms with E-state index < -0.39 is 0 Å². The van der Waals surface area contributed by atoms with Crippen LogP contribution in [0.4, 0.5) is 4.39 Å². The number of rotatable bonds is 6. The molecule has 0 saturated heterocycles. The molecule has 3 rings (SSSR count). The minimum atomic E-state index is -0.285. The van der Waals surface area contributed by atoms with Gasteiger partial charge in [-0.3, -0.25) is 4.79 Å². The number of aryl methyl sites for hydroxylation is 1. The smallest absolute Gasteiger partial charge is 0.222 e. The predicted octanol–water partition coefficient (Wildman–Crippen LogP) is 3.60. The summed E-state index contributed by atoms with van der Waals surface area (Å²) in [4.78, 5) is 13.9. The molecule has 0 N–H and O–H groups in total. The van der Waals surface area contributed by atoms with Crippen molar-refractivity contribution in [3.05, 3.63) is 83.9 Å². The van der Waals surface area contributed by atoms with Crippen molar-refractivity contribution in [2.45, 2.75) is 19.4 Å². The minimum absolute atomic E-state index is 0.0247. The lowest BCUT2D eigenvalue weighted by molar-refractivity contribution is -0.130. The highest BCUT2D eigenvalue weighted by atomic mass is 19.1. The van der Waals surface area contributed by atoms with Gasteiger partial charge in [-0.05, 0) is 41.8 Å². The molecule has 0 aliphatic carbocycles. The Kier molecular flexibility index (Phi) is 5.23. The fourth-order valence-corrected chi connectivity index (χ4v) is 2.65. The van der Waals surface area contributed by atoms with Crippen LogP contribution < -0.4 is 0 Å². The lowest BCUT2D eigenvalue weighted by Gasteiger charge is -2.17. The number of para-hydroxylation sites is 1. The molecule has 0 saturated carbocycles. The van der Waals surface area contributed by atoms with E-state index in [0.717, 1.165) is 16.8 Å². The number of benzene rings is 2. The SMILES string of the molecule is CN(Cc1cccc(F)c1)C(=O)CCc1cnn(-c2ccccc2)c1. The maximum absolute atomic E-state index is 13.2. The molecular formula is C20H20FN3O. The van der Waals surface area contributed by atoms with Crippen LogP contribution in [-0.4, -0.2) is 27.6 Å². The zero-order chi connectivity index (χ0) is 17.6. The average molecular weight is 337 g/mol. The average Bonchev–Trinajstić information content (AvgIpc) is 3.09. The topological polar surface area (TPSA) is 38.1 Å². The van der Waals surface area contributed by atoms with E-state index in [4.69, 9.17) is 0 Å². The molecule has 0 aliphatic rings. The van der Waals surface area contributed by atoms with Gasteiger partial charge in [0.05, 0.1) is 11.9 Å². The molecule has 0 fully saturated rings. The van der Waals surface area contributed by atoms with Gasteiger partial charge in [-0.15, -0.1) is 0 Å². The third kappa shape index (κ3) is 4.53. The Morgan fingerprint density at radius 1 is 1.12 bits per heavy atom. The fraction of sp³-hybridized carbons (Fsp3) is 0.200. The van der Waals surface area contributed by atoms with Gasteiger partial charge in [0.15, 0.2) is 0 Å². The van der Waals surface area contributed by atoms with E-state index in [-0.39, 0.29) is 11.7 Å². The Labute approximate surface area is 146 Å². The third-order valence-corrected chi connectivity index (χ3v) is 4.02. The highest BCUT2D eigenvalue weighted by Crippen LogP contribution is 2.11. The van der Waals surface area contributed by atoms with Crippen molar-refractivity contribution < 1.29 is 9.18 Å². The molecule has 2 aromatic carbocycles. The molecule has 25 heavy (non-hydrogen) atoms. The maximum Gasteiger partial charge on any atom is 0.222 e. The summed E-state index contributed by atoms with van der Waals surface area (Å²) in [6, 6.07) is 16.2. The molecule has 5 heteroatoms. The molecule has 1 amide bonds. The van der Waals surface area contributed by atoms with Crippen LogP contribution in [0.25, 0.3) is 5.69 Å². The van der Waals surface area contributed by atoms with Crippen molar-refractivity contribution in [2.24, 2.45) is 0 Å². The Hall–Kier alpha value is -2.95.